The minimum Gasteiger partial charge on any atom is -0.378 e. The van der Waals surface area contributed by atoms with E-state index in [1.54, 1.807) is 0 Å². The van der Waals surface area contributed by atoms with E-state index in [1.165, 1.54) is 38.5 Å². The van der Waals surface area contributed by atoms with Crippen molar-refractivity contribution in [3.05, 3.63) is 11.9 Å². The Morgan fingerprint density at radius 3 is 2.08 bits per heavy atom. The molecule has 24 heavy (non-hydrogen) atoms. The molecule has 0 saturated heterocycles. The van der Waals surface area contributed by atoms with Crippen molar-refractivity contribution in [1.29, 1.82) is 0 Å². The van der Waals surface area contributed by atoms with Crippen LogP contribution in [0.4, 0.5) is 17.6 Å². The first-order chi connectivity index (χ1) is 11.4. The van der Waals surface area contributed by atoms with Crippen LogP contribution in [-0.2, 0) is 4.74 Å². The zero-order valence-corrected chi connectivity index (χ0v) is 14.6. The number of ether oxygens (including phenoxy) is 1. The van der Waals surface area contributed by atoms with E-state index in [-0.39, 0.29) is 12.2 Å². The molecule has 5 heteroatoms. The number of alkyl halides is 3. The van der Waals surface area contributed by atoms with Crippen molar-refractivity contribution in [2.75, 3.05) is 6.61 Å². The molecular formula is C19H30F4O. The highest BCUT2D eigenvalue weighted by atomic mass is 19.4. The third kappa shape index (κ3) is 6.73. The summed E-state index contributed by atoms with van der Waals surface area (Å²) in [6.45, 7) is 2.99. The molecule has 0 radical (unpaired) electrons. The van der Waals surface area contributed by atoms with Gasteiger partial charge in [-0.15, -0.1) is 0 Å². The van der Waals surface area contributed by atoms with E-state index in [0.717, 1.165) is 12.5 Å². The van der Waals surface area contributed by atoms with Crippen LogP contribution in [0.1, 0.15) is 71.1 Å². The van der Waals surface area contributed by atoms with Crippen LogP contribution in [0.3, 0.4) is 0 Å². The van der Waals surface area contributed by atoms with E-state index >= 15 is 0 Å². The van der Waals surface area contributed by atoms with Crippen LogP contribution in [0, 0.1) is 17.8 Å². The molecule has 0 atom stereocenters. The number of halogens is 4. The van der Waals surface area contributed by atoms with Crippen LogP contribution in [-0.4, -0.2) is 18.9 Å². The molecule has 0 aromatic carbocycles. The first kappa shape index (κ1) is 19.7. The highest BCUT2D eigenvalue weighted by Crippen LogP contribution is 2.36. The van der Waals surface area contributed by atoms with Gasteiger partial charge in [-0.3, -0.25) is 0 Å². The van der Waals surface area contributed by atoms with Gasteiger partial charge in [-0.2, -0.15) is 13.2 Å². The fraction of sp³-hybridized carbons (Fsp3) is 0.895. The Morgan fingerprint density at radius 1 is 0.958 bits per heavy atom. The molecule has 2 rings (SSSR count). The van der Waals surface area contributed by atoms with Crippen LogP contribution < -0.4 is 0 Å². The van der Waals surface area contributed by atoms with Crippen molar-refractivity contribution in [3.8, 4) is 0 Å². The molecule has 0 heterocycles. The number of hydrogen-bond donors (Lipinski definition) is 0. The summed E-state index contributed by atoms with van der Waals surface area (Å²) in [5.41, 5.74) is 0. The van der Waals surface area contributed by atoms with Gasteiger partial charge in [-0.25, -0.2) is 4.39 Å². The monoisotopic (exact) mass is 350 g/mol. The number of allylic oxidation sites excluding steroid dienone is 2. The summed E-state index contributed by atoms with van der Waals surface area (Å²) >= 11 is 0. The second kappa shape index (κ2) is 9.21. The van der Waals surface area contributed by atoms with Gasteiger partial charge >= 0.3 is 6.18 Å². The van der Waals surface area contributed by atoms with Crippen LogP contribution >= 0.6 is 0 Å². The fourth-order valence-corrected chi connectivity index (χ4v) is 4.15. The van der Waals surface area contributed by atoms with Gasteiger partial charge < -0.3 is 4.74 Å². The molecular weight excluding hydrogens is 320 g/mol. The summed E-state index contributed by atoms with van der Waals surface area (Å²) in [5.74, 6) is -0.103. The summed E-state index contributed by atoms with van der Waals surface area (Å²) in [5, 5.41) is 0. The van der Waals surface area contributed by atoms with Crippen molar-refractivity contribution < 1.29 is 22.3 Å². The predicted octanol–water partition coefficient (Wildman–Crippen LogP) is 6.58. The molecule has 0 spiro atoms. The number of rotatable bonds is 6. The molecule has 0 amide bonds. The van der Waals surface area contributed by atoms with Gasteiger partial charge in [0.05, 0.1) is 12.2 Å². The largest absolute Gasteiger partial charge is 0.412 e. The van der Waals surface area contributed by atoms with Gasteiger partial charge in [-0.05, 0) is 50.4 Å². The molecule has 1 nitrogen and oxygen atoms in total. The molecule has 140 valence electrons. The summed E-state index contributed by atoms with van der Waals surface area (Å²) in [6.07, 6.45) is 5.19. The lowest BCUT2D eigenvalue weighted by atomic mass is 9.80. The smallest absolute Gasteiger partial charge is 0.378 e. The molecule has 2 aliphatic carbocycles. The summed E-state index contributed by atoms with van der Waals surface area (Å²) in [7, 11) is 0. The Hall–Kier alpha value is -0.580. The minimum atomic E-state index is -4.56. The average Bonchev–Trinajstić information content (AvgIpc) is 2.53. The van der Waals surface area contributed by atoms with Crippen LogP contribution in [0.15, 0.2) is 11.9 Å². The van der Waals surface area contributed by atoms with E-state index in [4.69, 9.17) is 4.74 Å². The van der Waals surface area contributed by atoms with Crippen molar-refractivity contribution >= 4 is 0 Å². The van der Waals surface area contributed by atoms with Crippen molar-refractivity contribution in [3.63, 3.8) is 0 Å². The molecule has 0 unspecified atom stereocenters. The Kier molecular flexibility index (Phi) is 7.58. The van der Waals surface area contributed by atoms with Gasteiger partial charge in [0, 0.05) is 12.5 Å². The SMILES string of the molecule is CCCC1CCC(COC2CCC(C(F)=CC(F)(F)F)CC2)CC1. The average molecular weight is 350 g/mol. The van der Waals surface area contributed by atoms with Crippen LogP contribution in [0.5, 0.6) is 0 Å². The first-order valence-corrected chi connectivity index (χ1v) is 9.44. The fourth-order valence-electron chi connectivity index (χ4n) is 4.15. The third-order valence-electron chi connectivity index (χ3n) is 5.60. The van der Waals surface area contributed by atoms with Crippen molar-refractivity contribution in [2.24, 2.45) is 17.8 Å². The highest BCUT2D eigenvalue weighted by Gasteiger charge is 2.31. The summed E-state index contributed by atoms with van der Waals surface area (Å²) in [4.78, 5) is 0. The third-order valence-corrected chi connectivity index (χ3v) is 5.60. The Balaban J connectivity index is 1.64. The van der Waals surface area contributed by atoms with Crippen molar-refractivity contribution in [1.82, 2.24) is 0 Å². The molecule has 0 aliphatic heterocycles. The van der Waals surface area contributed by atoms with Gasteiger partial charge in [0.15, 0.2) is 0 Å². The van der Waals surface area contributed by atoms with Crippen LogP contribution in [0.25, 0.3) is 0 Å². The Labute approximate surface area is 142 Å². The molecule has 2 saturated carbocycles. The highest BCUT2D eigenvalue weighted by molar-refractivity contribution is 5.03. The van der Waals surface area contributed by atoms with Gasteiger partial charge in [0.2, 0.25) is 0 Å². The molecule has 0 bridgehead atoms. The van der Waals surface area contributed by atoms with Crippen LogP contribution in [0.2, 0.25) is 0 Å². The molecule has 0 N–H and O–H groups in total. The second-order valence-electron chi connectivity index (χ2n) is 7.55. The Bertz CT molecular complexity index is 389. The van der Waals surface area contributed by atoms with Gasteiger partial charge in [-0.1, -0.05) is 32.6 Å². The standard InChI is InChI=1S/C19H30F4O/c1-2-3-14-4-6-15(7-5-14)13-24-17-10-8-16(9-11-17)18(20)12-19(21,22)23/h12,14-17H,2-11,13H2,1H3. The molecule has 0 aromatic heterocycles. The number of hydrogen-bond acceptors (Lipinski definition) is 1. The maximum absolute atomic E-state index is 13.6. The molecule has 0 aromatic rings. The van der Waals surface area contributed by atoms with E-state index in [0.29, 0.717) is 31.6 Å². The summed E-state index contributed by atoms with van der Waals surface area (Å²) < 4.78 is 56.2. The quantitative estimate of drug-likeness (QED) is 0.491. The normalized spacial score (nSPS) is 32.8. The van der Waals surface area contributed by atoms with Gasteiger partial charge in [0.25, 0.3) is 0 Å². The van der Waals surface area contributed by atoms with E-state index in [9.17, 15) is 17.6 Å². The zero-order valence-electron chi connectivity index (χ0n) is 14.6. The van der Waals surface area contributed by atoms with Crippen molar-refractivity contribution in [2.45, 2.75) is 83.4 Å². The van der Waals surface area contributed by atoms with E-state index < -0.39 is 17.9 Å². The lowest BCUT2D eigenvalue weighted by Crippen LogP contribution is -2.26. The second-order valence-corrected chi connectivity index (χ2v) is 7.55. The maximum Gasteiger partial charge on any atom is 0.412 e. The lowest BCUT2D eigenvalue weighted by molar-refractivity contribution is -0.0823. The molecule has 2 aliphatic rings. The molecule has 2 fully saturated rings. The zero-order chi connectivity index (χ0) is 17.6. The van der Waals surface area contributed by atoms with Gasteiger partial charge in [0.1, 0.15) is 5.83 Å². The summed E-state index contributed by atoms with van der Waals surface area (Å²) in [6, 6.07) is 0. The minimum absolute atomic E-state index is 0.0910. The van der Waals surface area contributed by atoms with E-state index in [1.807, 2.05) is 0 Å². The lowest BCUT2D eigenvalue weighted by Gasteiger charge is -2.32. The predicted molar refractivity (Wildman–Crippen MR) is 87.3 cm³/mol. The topological polar surface area (TPSA) is 9.23 Å². The Morgan fingerprint density at radius 2 is 1.54 bits per heavy atom. The van der Waals surface area contributed by atoms with E-state index in [2.05, 4.69) is 6.92 Å². The maximum atomic E-state index is 13.6. The first-order valence-electron chi connectivity index (χ1n) is 9.44.